The van der Waals surface area contributed by atoms with Gasteiger partial charge < -0.3 is 0 Å². The van der Waals surface area contributed by atoms with Crippen LogP contribution in [0.1, 0.15) is 31.4 Å². The zero-order valence-electron chi connectivity index (χ0n) is 9.59. The van der Waals surface area contributed by atoms with E-state index in [0.717, 1.165) is 25.1 Å². The van der Waals surface area contributed by atoms with Gasteiger partial charge in [-0.25, -0.2) is 4.98 Å². The molecule has 2 unspecified atom stereocenters. The van der Waals surface area contributed by atoms with E-state index >= 15 is 0 Å². The molecular formula is C12H17N3S. The van der Waals surface area contributed by atoms with Crippen LogP contribution in [0.2, 0.25) is 0 Å². The van der Waals surface area contributed by atoms with Crippen molar-refractivity contribution in [3.8, 4) is 6.07 Å². The van der Waals surface area contributed by atoms with Crippen LogP contribution in [0.15, 0.2) is 10.9 Å². The van der Waals surface area contributed by atoms with Crippen LogP contribution >= 0.6 is 11.3 Å². The molecule has 0 radical (unpaired) electrons. The van der Waals surface area contributed by atoms with E-state index in [1.165, 1.54) is 12.8 Å². The highest BCUT2D eigenvalue weighted by atomic mass is 32.1. The van der Waals surface area contributed by atoms with Crippen LogP contribution in [0.5, 0.6) is 0 Å². The lowest BCUT2D eigenvalue weighted by atomic mass is 9.84. The van der Waals surface area contributed by atoms with E-state index in [-0.39, 0.29) is 5.92 Å². The summed E-state index contributed by atoms with van der Waals surface area (Å²) < 4.78 is 0. The third kappa shape index (κ3) is 2.60. The third-order valence-corrected chi connectivity index (χ3v) is 3.99. The van der Waals surface area contributed by atoms with Crippen molar-refractivity contribution in [2.24, 2.45) is 5.92 Å². The maximum Gasteiger partial charge on any atom is 0.0795 e. The summed E-state index contributed by atoms with van der Waals surface area (Å²) in [5.74, 6) is 0.206. The number of thiazole rings is 1. The molecule has 0 bridgehead atoms. The van der Waals surface area contributed by atoms with E-state index in [0.29, 0.717) is 6.04 Å². The highest BCUT2D eigenvalue weighted by molar-refractivity contribution is 7.07. The second kappa shape index (κ2) is 5.42. The molecule has 1 aromatic heterocycles. The van der Waals surface area contributed by atoms with Crippen LogP contribution in [0.25, 0.3) is 0 Å². The fraction of sp³-hybridized carbons (Fsp3) is 0.667. The molecule has 0 saturated heterocycles. The van der Waals surface area contributed by atoms with E-state index in [4.69, 9.17) is 5.26 Å². The molecule has 0 spiro atoms. The van der Waals surface area contributed by atoms with Crippen LogP contribution in [0.4, 0.5) is 0 Å². The topological polar surface area (TPSA) is 39.9 Å². The minimum absolute atomic E-state index is 0.206. The van der Waals surface area contributed by atoms with Crippen LogP contribution in [0, 0.1) is 17.2 Å². The molecule has 1 aliphatic rings. The molecule has 1 heterocycles. The van der Waals surface area contributed by atoms with Crippen molar-refractivity contribution in [2.75, 3.05) is 7.05 Å². The van der Waals surface area contributed by atoms with Gasteiger partial charge in [-0.2, -0.15) is 5.26 Å². The number of hydrogen-bond donors (Lipinski definition) is 0. The summed E-state index contributed by atoms with van der Waals surface area (Å²) >= 11 is 1.63. The van der Waals surface area contributed by atoms with Gasteiger partial charge in [-0.3, -0.25) is 4.90 Å². The SMILES string of the molecule is CN(Cc1cscn1)C1CCCCC1C#N. The first-order valence-corrected chi connectivity index (χ1v) is 6.72. The fourth-order valence-electron chi connectivity index (χ4n) is 2.48. The lowest BCUT2D eigenvalue weighted by Gasteiger charge is -2.34. The average Bonchev–Trinajstić information content (AvgIpc) is 2.81. The van der Waals surface area contributed by atoms with Gasteiger partial charge in [0.25, 0.3) is 0 Å². The van der Waals surface area contributed by atoms with Gasteiger partial charge >= 0.3 is 0 Å². The highest BCUT2D eigenvalue weighted by Gasteiger charge is 2.28. The second-order valence-corrected chi connectivity index (χ2v) is 5.20. The smallest absolute Gasteiger partial charge is 0.0795 e. The van der Waals surface area contributed by atoms with Crippen molar-refractivity contribution >= 4 is 11.3 Å². The summed E-state index contributed by atoms with van der Waals surface area (Å²) in [7, 11) is 2.11. The van der Waals surface area contributed by atoms with Gasteiger partial charge in [0.15, 0.2) is 0 Å². The molecule has 16 heavy (non-hydrogen) atoms. The Hall–Kier alpha value is -0.920. The van der Waals surface area contributed by atoms with Crippen molar-refractivity contribution in [2.45, 2.75) is 38.3 Å². The Morgan fingerprint density at radius 1 is 1.56 bits per heavy atom. The van der Waals surface area contributed by atoms with Crippen molar-refractivity contribution in [1.29, 1.82) is 5.26 Å². The number of hydrogen-bond acceptors (Lipinski definition) is 4. The first-order chi connectivity index (χ1) is 7.81. The predicted molar refractivity (Wildman–Crippen MR) is 64.9 cm³/mol. The van der Waals surface area contributed by atoms with E-state index in [1.807, 2.05) is 5.51 Å². The predicted octanol–water partition coefficient (Wildman–Crippen LogP) is 2.66. The Morgan fingerprint density at radius 3 is 3.06 bits per heavy atom. The lowest BCUT2D eigenvalue weighted by Crippen LogP contribution is -2.39. The summed E-state index contributed by atoms with van der Waals surface area (Å²) in [6, 6.07) is 2.87. The van der Waals surface area contributed by atoms with Crippen LogP contribution in [0.3, 0.4) is 0 Å². The van der Waals surface area contributed by atoms with Gasteiger partial charge in [-0.05, 0) is 19.9 Å². The molecule has 0 aliphatic heterocycles. The summed E-state index contributed by atoms with van der Waals surface area (Å²) in [5.41, 5.74) is 2.99. The summed E-state index contributed by atoms with van der Waals surface area (Å²) in [6.07, 6.45) is 4.67. The normalized spacial score (nSPS) is 25.6. The molecule has 86 valence electrons. The Labute approximate surface area is 101 Å². The maximum absolute atomic E-state index is 9.15. The van der Waals surface area contributed by atoms with E-state index in [2.05, 4.69) is 28.4 Å². The number of aromatic nitrogens is 1. The van der Waals surface area contributed by atoms with Gasteiger partial charge in [0.1, 0.15) is 0 Å². The number of rotatable bonds is 3. The minimum Gasteiger partial charge on any atom is -0.296 e. The molecule has 3 nitrogen and oxygen atoms in total. The number of nitrogens with zero attached hydrogens (tertiary/aromatic N) is 3. The van der Waals surface area contributed by atoms with Gasteiger partial charge in [0, 0.05) is 18.0 Å². The zero-order chi connectivity index (χ0) is 11.4. The van der Waals surface area contributed by atoms with Crippen molar-refractivity contribution in [3.63, 3.8) is 0 Å². The molecule has 0 amide bonds. The second-order valence-electron chi connectivity index (χ2n) is 4.48. The zero-order valence-corrected chi connectivity index (χ0v) is 10.4. The van der Waals surface area contributed by atoms with E-state index in [1.54, 1.807) is 11.3 Å². The third-order valence-electron chi connectivity index (χ3n) is 3.36. The fourth-order valence-corrected chi connectivity index (χ4v) is 3.03. The monoisotopic (exact) mass is 235 g/mol. The molecule has 1 fully saturated rings. The summed E-state index contributed by atoms with van der Waals surface area (Å²) in [5, 5.41) is 11.2. The molecular weight excluding hydrogens is 218 g/mol. The van der Waals surface area contributed by atoms with Crippen LogP contribution in [-0.2, 0) is 6.54 Å². The molecule has 2 atom stereocenters. The highest BCUT2D eigenvalue weighted by Crippen LogP contribution is 2.28. The van der Waals surface area contributed by atoms with E-state index in [9.17, 15) is 0 Å². The molecule has 0 N–H and O–H groups in total. The first-order valence-electron chi connectivity index (χ1n) is 5.78. The van der Waals surface area contributed by atoms with Gasteiger partial charge in [0.2, 0.25) is 0 Å². The van der Waals surface area contributed by atoms with Gasteiger partial charge in [-0.15, -0.1) is 11.3 Å². The lowest BCUT2D eigenvalue weighted by molar-refractivity contribution is 0.149. The molecule has 1 saturated carbocycles. The van der Waals surface area contributed by atoms with Crippen molar-refractivity contribution in [3.05, 3.63) is 16.6 Å². The molecule has 1 aromatic rings. The Bertz CT molecular complexity index is 355. The van der Waals surface area contributed by atoms with E-state index < -0.39 is 0 Å². The summed E-state index contributed by atoms with van der Waals surface area (Å²) in [4.78, 5) is 6.59. The average molecular weight is 235 g/mol. The van der Waals surface area contributed by atoms with Crippen molar-refractivity contribution < 1.29 is 0 Å². The Morgan fingerprint density at radius 2 is 2.38 bits per heavy atom. The van der Waals surface area contributed by atoms with Crippen LogP contribution < -0.4 is 0 Å². The number of nitriles is 1. The minimum atomic E-state index is 0.206. The largest absolute Gasteiger partial charge is 0.296 e. The molecule has 1 aliphatic carbocycles. The standard InChI is InChI=1S/C12H17N3S/c1-15(7-11-8-16-9-14-11)12-5-3-2-4-10(12)6-13/h8-10,12H,2-5,7H2,1H3. The van der Waals surface area contributed by atoms with Gasteiger partial charge in [0.05, 0.1) is 23.2 Å². The van der Waals surface area contributed by atoms with Crippen molar-refractivity contribution in [1.82, 2.24) is 9.88 Å². The van der Waals surface area contributed by atoms with Crippen LogP contribution in [-0.4, -0.2) is 23.0 Å². The Kier molecular flexibility index (Phi) is 3.92. The quantitative estimate of drug-likeness (QED) is 0.808. The first kappa shape index (κ1) is 11.6. The maximum atomic E-state index is 9.15. The molecule has 0 aromatic carbocycles. The summed E-state index contributed by atoms with van der Waals surface area (Å²) in [6.45, 7) is 0.867. The Balaban J connectivity index is 1.97. The molecule has 2 rings (SSSR count). The van der Waals surface area contributed by atoms with Gasteiger partial charge in [-0.1, -0.05) is 12.8 Å². The molecule has 4 heteroatoms.